The van der Waals surface area contributed by atoms with E-state index in [1.54, 1.807) is 4.31 Å². The Morgan fingerprint density at radius 3 is 2.43 bits per heavy atom. The number of likely N-dealkylation sites (tertiary alicyclic amines) is 1. The minimum absolute atomic E-state index is 0.155. The first-order valence-electron chi connectivity index (χ1n) is 9.97. The average Bonchev–Trinajstić information content (AvgIpc) is 3.28. The zero-order valence-corrected chi connectivity index (χ0v) is 16.5. The van der Waals surface area contributed by atoms with Crippen LogP contribution in [0.3, 0.4) is 0 Å². The Morgan fingerprint density at radius 1 is 1.14 bits per heavy atom. The summed E-state index contributed by atoms with van der Waals surface area (Å²) in [5.74, 6) is 0.360. The van der Waals surface area contributed by atoms with Crippen molar-refractivity contribution in [2.24, 2.45) is 11.3 Å². The van der Waals surface area contributed by atoms with Crippen LogP contribution >= 0.6 is 0 Å². The fourth-order valence-corrected chi connectivity index (χ4v) is 6.18. The molecule has 1 aromatic heterocycles. The maximum Gasteiger partial charge on any atom is 0.435 e. The van der Waals surface area contributed by atoms with Crippen molar-refractivity contribution < 1.29 is 22.1 Å². The maximum absolute atomic E-state index is 13.1. The molecule has 4 aliphatic rings. The summed E-state index contributed by atoms with van der Waals surface area (Å²) in [6.07, 6.45) is -0.384. The number of alkyl halides is 3. The lowest BCUT2D eigenvalue weighted by atomic mass is 9.73. The number of ether oxygens (including phenoxy) is 1. The van der Waals surface area contributed by atoms with E-state index in [0.717, 1.165) is 58.1 Å². The predicted molar refractivity (Wildman–Crippen MR) is 95.8 cm³/mol. The molecule has 0 radical (unpaired) electrons. The molecule has 3 aliphatic heterocycles. The fourth-order valence-electron chi connectivity index (χ4n) is 4.63. The molecule has 1 atom stereocenters. The highest BCUT2D eigenvalue weighted by atomic mass is 32.2. The van der Waals surface area contributed by atoms with Crippen LogP contribution in [0, 0.1) is 11.3 Å². The zero-order valence-electron chi connectivity index (χ0n) is 15.7. The molecule has 1 aromatic rings. The second-order valence-corrected chi connectivity index (χ2v) is 10.2. The summed E-state index contributed by atoms with van der Waals surface area (Å²) in [6.45, 7) is 5.38. The van der Waals surface area contributed by atoms with Gasteiger partial charge in [0.25, 0.3) is 0 Å². The third-order valence-electron chi connectivity index (χ3n) is 6.38. The van der Waals surface area contributed by atoms with Crippen molar-refractivity contribution in [3.63, 3.8) is 0 Å². The summed E-state index contributed by atoms with van der Waals surface area (Å²) in [4.78, 5) is 2.47. The van der Waals surface area contributed by atoms with Crippen LogP contribution in [0.25, 0.3) is 0 Å². The number of aromatic nitrogens is 2. The van der Waals surface area contributed by atoms with Crippen molar-refractivity contribution in [1.29, 1.82) is 0 Å². The third kappa shape index (κ3) is 3.53. The Bertz CT molecular complexity index is 759. The highest BCUT2D eigenvalue weighted by molar-refractivity contribution is 7.82. The van der Waals surface area contributed by atoms with E-state index < -0.39 is 22.9 Å². The lowest BCUT2D eigenvalue weighted by molar-refractivity contribution is -0.141. The Kier molecular flexibility index (Phi) is 4.61. The number of halogens is 3. The van der Waals surface area contributed by atoms with E-state index in [1.807, 2.05) is 0 Å². The molecule has 1 unspecified atom stereocenters. The second-order valence-electron chi connectivity index (χ2n) is 8.79. The molecule has 1 aliphatic carbocycles. The summed E-state index contributed by atoms with van der Waals surface area (Å²) in [5.41, 5.74) is -0.789. The molecular weight excluding hydrogens is 393 g/mol. The molecule has 1 spiro atoms. The van der Waals surface area contributed by atoms with Crippen molar-refractivity contribution in [3.8, 4) is 0 Å². The first-order valence-corrected chi connectivity index (χ1v) is 11.1. The molecule has 0 aromatic carbocycles. The van der Waals surface area contributed by atoms with E-state index in [4.69, 9.17) is 4.74 Å². The van der Waals surface area contributed by atoms with Gasteiger partial charge in [-0.1, -0.05) is 0 Å². The molecule has 0 bridgehead atoms. The Balaban J connectivity index is 1.22. The first kappa shape index (κ1) is 19.0. The van der Waals surface area contributed by atoms with Crippen LogP contribution in [0.2, 0.25) is 0 Å². The van der Waals surface area contributed by atoms with Crippen molar-refractivity contribution >= 4 is 11.0 Å². The van der Waals surface area contributed by atoms with Gasteiger partial charge in [0.05, 0.1) is 0 Å². The van der Waals surface area contributed by atoms with E-state index in [1.165, 1.54) is 4.68 Å². The molecule has 3 saturated heterocycles. The van der Waals surface area contributed by atoms with Gasteiger partial charge in [0.2, 0.25) is 0 Å². The summed E-state index contributed by atoms with van der Waals surface area (Å²) in [7, 11) is -1.59. The highest BCUT2D eigenvalue weighted by Gasteiger charge is 2.55. The van der Waals surface area contributed by atoms with Gasteiger partial charge < -0.3 is 4.74 Å². The Labute approximate surface area is 164 Å². The minimum Gasteiger partial charge on any atom is -0.381 e. The molecule has 6 nitrogen and oxygen atoms in total. The minimum atomic E-state index is -4.51. The molecule has 4 fully saturated rings. The number of hydrogen-bond donors (Lipinski definition) is 0. The number of nitrogens with zero attached hydrogens (tertiary/aromatic N) is 4. The smallest absolute Gasteiger partial charge is 0.381 e. The van der Waals surface area contributed by atoms with Gasteiger partial charge in [-0.3, -0.25) is 9.58 Å². The summed E-state index contributed by atoms with van der Waals surface area (Å²) < 4.78 is 60.8. The van der Waals surface area contributed by atoms with Gasteiger partial charge in [-0.25, -0.2) is 8.51 Å². The lowest BCUT2D eigenvalue weighted by Gasteiger charge is -2.61. The third-order valence-corrected chi connectivity index (χ3v) is 7.80. The van der Waals surface area contributed by atoms with Crippen LogP contribution in [0.15, 0.2) is 11.1 Å². The quantitative estimate of drug-likeness (QED) is 0.735. The van der Waals surface area contributed by atoms with Gasteiger partial charge in [-0.15, -0.1) is 0 Å². The van der Waals surface area contributed by atoms with Crippen LogP contribution in [0.5, 0.6) is 0 Å². The zero-order chi connectivity index (χ0) is 19.5. The van der Waals surface area contributed by atoms with E-state index in [2.05, 4.69) is 10.00 Å². The van der Waals surface area contributed by atoms with Gasteiger partial charge in [0.1, 0.15) is 16.0 Å². The van der Waals surface area contributed by atoms with E-state index in [0.29, 0.717) is 31.6 Å². The largest absolute Gasteiger partial charge is 0.435 e. The predicted octanol–water partition coefficient (Wildman–Crippen LogP) is 2.13. The van der Waals surface area contributed by atoms with E-state index >= 15 is 0 Å². The molecule has 10 heteroatoms. The van der Waals surface area contributed by atoms with Crippen molar-refractivity contribution in [3.05, 3.63) is 11.8 Å². The van der Waals surface area contributed by atoms with Crippen molar-refractivity contribution in [1.82, 2.24) is 19.0 Å². The molecule has 156 valence electrons. The molecular formula is C18H25F3N4O2S. The van der Waals surface area contributed by atoms with Crippen LogP contribution < -0.4 is 0 Å². The molecule has 0 amide bonds. The molecule has 28 heavy (non-hydrogen) atoms. The van der Waals surface area contributed by atoms with Crippen molar-refractivity contribution in [2.45, 2.75) is 49.5 Å². The lowest BCUT2D eigenvalue weighted by Crippen LogP contribution is -2.73. The van der Waals surface area contributed by atoms with Crippen LogP contribution in [-0.4, -0.2) is 68.6 Å². The number of rotatable bonds is 5. The van der Waals surface area contributed by atoms with Crippen LogP contribution in [0.1, 0.15) is 31.4 Å². The second kappa shape index (κ2) is 6.78. The average molecular weight is 418 g/mol. The van der Waals surface area contributed by atoms with E-state index in [9.17, 15) is 17.4 Å². The molecule has 0 N–H and O–H groups in total. The molecule has 5 rings (SSSR count). The Morgan fingerprint density at radius 2 is 1.82 bits per heavy atom. The number of hydrogen-bond acceptors (Lipinski definition) is 4. The van der Waals surface area contributed by atoms with Gasteiger partial charge >= 0.3 is 6.18 Å². The monoisotopic (exact) mass is 418 g/mol. The van der Waals surface area contributed by atoms with Gasteiger partial charge in [-0.05, 0) is 31.6 Å². The van der Waals surface area contributed by atoms with Crippen LogP contribution in [0.4, 0.5) is 13.2 Å². The topological polar surface area (TPSA) is 50.6 Å². The van der Waals surface area contributed by atoms with E-state index in [-0.39, 0.29) is 10.4 Å². The normalized spacial score (nSPS) is 27.5. The first-order chi connectivity index (χ1) is 13.3. The van der Waals surface area contributed by atoms with Gasteiger partial charge in [0.15, 0.2) is 5.69 Å². The summed E-state index contributed by atoms with van der Waals surface area (Å²) in [5, 5.41) is 3.91. The molecule has 1 saturated carbocycles. The van der Waals surface area contributed by atoms with Gasteiger partial charge in [-0.2, -0.15) is 18.3 Å². The molecule has 4 heterocycles. The standard InChI is InChI=1S/C18H25F3N4O2S/c19-18(20,21)15-7-16(25(22-15)8-13-1-2-13)28(26)24-11-17(12-24)9-23(10-17)14-3-5-27-6-4-14/h7,13-14H,1-6,8-12H2. The SMILES string of the molecule is O=S(c1cc(C(F)(F)F)nn1CC1CC1)N1CC2(CN(C3CCOCC3)C2)C1. The van der Waals surface area contributed by atoms with Gasteiger partial charge in [0, 0.05) is 63.5 Å². The fraction of sp³-hybridized carbons (Fsp3) is 0.833. The summed E-state index contributed by atoms with van der Waals surface area (Å²) >= 11 is 0. The maximum atomic E-state index is 13.1. The van der Waals surface area contributed by atoms with Crippen LogP contribution in [-0.2, 0) is 28.4 Å². The Hall–Kier alpha value is -0.970. The van der Waals surface area contributed by atoms with Crippen molar-refractivity contribution in [2.75, 3.05) is 39.4 Å². The summed E-state index contributed by atoms with van der Waals surface area (Å²) in [6, 6.07) is 1.55. The highest BCUT2D eigenvalue weighted by Crippen LogP contribution is 2.43.